The molecule has 2 heterocycles. The van der Waals surface area contributed by atoms with E-state index in [2.05, 4.69) is 20.5 Å². The van der Waals surface area contributed by atoms with Gasteiger partial charge in [0.25, 0.3) is 5.56 Å². The molecule has 0 fully saturated rings. The monoisotopic (exact) mass is 162 g/mol. The minimum atomic E-state index is -0.183. The Morgan fingerprint density at radius 3 is 3.25 bits per heavy atom. The zero-order chi connectivity index (χ0) is 8.39. The Balaban J connectivity index is 2.96. The summed E-state index contributed by atoms with van der Waals surface area (Å²) in [4.78, 5) is 17.5. The molecule has 5 heteroatoms. The largest absolute Gasteiger partial charge is 0.313 e. The van der Waals surface area contributed by atoms with E-state index in [0.717, 1.165) is 0 Å². The van der Waals surface area contributed by atoms with Gasteiger partial charge in [-0.05, 0) is 12.2 Å². The second kappa shape index (κ2) is 2.61. The number of hydrogen-bond acceptors (Lipinski definition) is 4. The van der Waals surface area contributed by atoms with Gasteiger partial charge in [-0.25, -0.2) is 4.98 Å². The molecule has 12 heavy (non-hydrogen) atoms. The van der Waals surface area contributed by atoms with E-state index in [-0.39, 0.29) is 5.56 Å². The molecule has 0 spiro atoms. The highest BCUT2D eigenvalue weighted by molar-refractivity contribution is 5.34. The van der Waals surface area contributed by atoms with Crippen LogP contribution in [-0.2, 0) is 0 Å². The van der Waals surface area contributed by atoms with Crippen LogP contribution in [0.4, 0.5) is 0 Å². The molecule has 1 aromatic rings. The molecule has 0 unspecified atom stereocenters. The highest BCUT2D eigenvalue weighted by atomic mass is 16.1. The van der Waals surface area contributed by atoms with Crippen molar-refractivity contribution >= 4 is 6.08 Å². The first kappa shape index (κ1) is 6.78. The predicted octanol–water partition coefficient (Wildman–Crippen LogP) is -1.80. The average Bonchev–Trinajstić information content (AvgIpc) is 2.30. The molecule has 2 rings (SSSR count). The van der Waals surface area contributed by atoms with Crippen molar-refractivity contribution in [2.75, 3.05) is 0 Å². The number of hydrogen-bond donors (Lipinski definition) is 2. The van der Waals surface area contributed by atoms with Crippen molar-refractivity contribution in [2.24, 2.45) is 5.10 Å². The molecular weight excluding hydrogens is 156 g/mol. The summed E-state index contributed by atoms with van der Waals surface area (Å²) in [7, 11) is 0. The first-order valence-corrected chi connectivity index (χ1v) is 3.42. The molecule has 1 aliphatic rings. The summed E-state index contributed by atoms with van der Waals surface area (Å²) in [5.74, 6) is 0. The number of H-pyrrole nitrogens is 1. The third kappa shape index (κ3) is 1.01. The summed E-state index contributed by atoms with van der Waals surface area (Å²) in [5, 5.41) is 4.32. The summed E-state index contributed by atoms with van der Waals surface area (Å²) < 4.78 is 0. The molecule has 0 radical (unpaired) electrons. The van der Waals surface area contributed by atoms with Gasteiger partial charge in [0, 0.05) is 6.20 Å². The standard InChI is InChI=1S/C7H6N4O/c12-7-5-2-1-3-10-11-6(5)8-4-9-7/h1-4,10H,(H,8,9,11,12). The van der Waals surface area contributed by atoms with E-state index in [1.807, 2.05) is 0 Å². The van der Waals surface area contributed by atoms with Crippen LogP contribution in [0.15, 0.2) is 28.5 Å². The lowest BCUT2D eigenvalue weighted by atomic mass is 10.4. The van der Waals surface area contributed by atoms with Crippen molar-refractivity contribution < 1.29 is 0 Å². The fraction of sp³-hybridized carbons (Fsp3) is 0. The maximum absolute atomic E-state index is 11.2. The topological polar surface area (TPSA) is 70.1 Å². The van der Waals surface area contributed by atoms with Gasteiger partial charge in [-0.15, -0.1) is 0 Å². The summed E-state index contributed by atoms with van der Waals surface area (Å²) in [6.07, 6.45) is 6.31. The molecule has 0 amide bonds. The molecular formula is C7H6N4O. The van der Waals surface area contributed by atoms with Crippen LogP contribution >= 0.6 is 0 Å². The van der Waals surface area contributed by atoms with Gasteiger partial charge in [0.1, 0.15) is 0 Å². The normalized spacial score (nSPS) is 13.3. The number of rotatable bonds is 0. The van der Waals surface area contributed by atoms with Gasteiger partial charge < -0.3 is 4.98 Å². The summed E-state index contributed by atoms with van der Waals surface area (Å²) in [6, 6.07) is 0. The average molecular weight is 162 g/mol. The third-order valence-electron chi connectivity index (χ3n) is 1.47. The van der Waals surface area contributed by atoms with Gasteiger partial charge in [-0.2, -0.15) is 5.10 Å². The minimum Gasteiger partial charge on any atom is -0.313 e. The highest BCUT2D eigenvalue weighted by Crippen LogP contribution is 1.70. The molecule has 5 nitrogen and oxygen atoms in total. The Labute approximate surface area is 67.2 Å². The third-order valence-corrected chi connectivity index (χ3v) is 1.47. The quantitative estimate of drug-likeness (QED) is 0.473. The van der Waals surface area contributed by atoms with Gasteiger partial charge in [0.15, 0.2) is 5.49 Å². The zero-order valence-corrected chi connectivity index (χ0v) is 6.11. The van der Waals surface area contributed by atoms with Gasteiger partial charge >= 0.3 is 0 Å². The lowest BCUT2D eigenvalue weighted by molar-refractivity contribution is 0.866. The minimum absolute atomic E-state index is 0.183. The van der Waals surface area contributed by atoms with Crippen LogP contribution in [0.25, 0.3) is 6.08 Å². The molecule has 0 aliphatic carbocycles. The zero-order valence-electron chi connectivity index (χ0n) is 6.11. The van der Waals surface area contributed by atoms with Crippen molar-refractivity contribution in [3.8, 4) is 0 Å². The molecule has 0 saturated carbocycles. The number of nitrogens with zero attached hydrogens (tertiary/aromatic N) is 2. The SMILES string of the molecule is O=c1[nH]cnc2c1=CC=CNN=2. The van der Waals surface area contributed by atoms with Crippen LogP contribution in [0.5, 0.6) is 0 Å². The van der Waals surface area contributed by atoms with Crippen molar-refractivity contribution in [2.45, 2.75) is 0 Å². The van der Waals surface area contributed by atoms with Gasteiger partial charge in [0.05, 0.1) is 11.5 Å². The second-order valence-corrected chi connectivity index (χ2v) is 2.24. The maximum Gasteiger partial charge on any atom is 0.260 e. The lowest BCUT2D eigenvalue weighted by Crippen LogP contribution is -2.42. The lowest BCUT2D eigenvalue weighted by Gasteiger charge is -1.85. The van der Waals surface area contributed by atoms with E-state index < -0.39 is 0 Å². The van der Waals surface area contributed by atoms with Crippen molar-refractivity contribution in [3.05, 3.63) is 39.7 Å². The van der Waals surface area contributed by atoms with Crippen LogP contribution in [-0.4, -0.2) is 9.97 Å². The Bertz CT molecular complexity index is 485. The maximum atomic E-state index is 11.2. The van der Waals surface area contributed by atoms with Gasteiger partial charge in [-0.1, -0.05) is 0 Å². The molecule has 2 N–H and O–H groups in total. The van der Waals surface area contributed by atoms with E-state index in [4.69, 9.17) is 0 Å². The van der Waals surface area contributed by atoms with Crippen LogP contribution in [0.2, 0.25) is 0 Å². The molecule has 0 aromatic carbocycles. The number of aromatic amines is 1. The van der Waals surface area contributed by atoms with Gasteiger partial charge in [0.2, 0.25) is 0 Å². The summed E-state index contributed by atoms with van der Waals surface area (Å²) in [6.45, 7) is 0. The second-order valence-electron chi connectivity index (χ2n) is 2.24. The number of aromatic nitrogens is 2. The summed E-state index contributed by atoms with van der Waals surface area (Å²) in [5.41, 5.74) is 2.85. The first-order chi connectivity index (χ1) is 5.88. The fourth-order valence-electron chi connectivity index (χ4n) is 0.926. The Kier molecular flexibility index (Phi) is 1.48. The van der Waals surface area contributed by atoms with E-state index >= 15 is 0 Å². The van der Waals surface area contributed by atoms with E-state index in [0.29, 0.717) is 10.7 Å². The van der Waals surface area contributed by atoms with E-state index in [9.17, 15) is 4.79 Å². The van der Waals surface area contributed by atoms with Crippen LogP contribution in [0, 0.1) is 0 Å². The first-order valence-electron chi connectivity index (χ1n) is 3.42. The van der Waals surface area contributed by atoms with Gasteiger partial charge in [-0.3, -0.25) is 10.2 Å². The smallest absolute Gasteiger partial charge is 0.260 e. The van der Waals surface area contributed by atoms with Crippen LogP contribution in [0.3, 0.4) is 0 Å². The number of fused-ring (bicyclic) bond motifs is 1. The van der Waals surface area contributed by atoms with Crippen molar-refractivity contribution in [1.82, 2.24) is 15.4 Å². The van der Waals surface area contributed by atoms with Crippen LogP contribution in [0.1, 0.15) is 0 Å². The number of allylic oxidation sites excluding steroid dienone is 1. The van der Waals surface area contributed by atoms with Crippen molar-refractivity contribution in [1.29, 1.82) is 0 Å². The molecule has 0 bridgehead atoms. The highest BCUT2D eigenvalue weighted by Gasteiger charge is 1.93. The predicted molar refractivity (Wildman–Crippen MR) is 42.4 cm³/mol. The molecule has 1 aliphatic heterocycles. The fourth-order valence-corrected chi connectivity index (χ4v) is 0.926. The Morgan fingerprint density at radius 2 is 2.33 bits per heavy atom. The molecule has 0 saturated heterocycles. The molecule has 1 aromatic heterocycles. The van der Waals surface area contributed by atoms with E-state index in [1.165, 1.54) is 6.33 Å². The Morgan fingerprint density at radius 1 is 1.42 bits per heavy atom. The Hall–Kier alpha value is -1.91. The number of nitrogens with one attached hydrogen (secondary N) is 2. The molecule has 0 atom stereocenters. The van der Waals surface area contributed by atoms with E-state index in [1.54, 1.807) is 18.4 Å². The molecule has 60 valence electrons. The van der Waals surface area contributed by atoms with Crippen molar-refractivity contribution in [3.63, 3.8) is 0 Å². The van der Waals surface area contributed by atoms with Crippen LogP contribution < -0.4 is 21.7 Å². The summed E-state index contributed by atoms with van der Waals surface area (Å²) >= 11 is 0.